The number of esters is 1. The SMILES string of the molecule is O=C(CSc1nc2ccccc2s1)OCc1nc(-c2ccsc2)no1. The van der Waals surface area contributed by atoms with E-state index < -0.39 is 0 Å². The molecule has 3 aromatic heterocycles. The molecular weight excluding hydrogens is 378 g/mol. The van der Waals surface area contributed by atoms with E-state index in [-0.39, 0.29) is 24.2 Å². The Morgan fingerprint density at radius 2 is 2.16 bits per heavy atom. The zero-order chi connectivity index (χ0) is 17.1. The van der Waals surface area contributed by atoms with E-state index in [1.54, 1.807) is 22.7 Å². The van der Waals surface area contributed by atoms with Gasteiger partial charge in [-0.25, -0.2) is 4.98 Å². The van der Waals surface area contributed by atoms with E-state index in [9.17, 15) is 4.79 Å². The molecule has 0 unspecified atom stereocenters. The lowest BCUT2D eigenvalue weighted by molar-refractivity contribution is -0.142. The second-order valence-corrected chi connectivity index (χ2v) is 7.95. The highest BCUT2D eigenvalue weighted by molar-refractivity contribution is 8.01. The molecule has 9 heteroatoms. The summed E-state index contributed by atoms with van der Waals surface area (Å²) in [6.07, 6.45) is 0. The van der Waals surface area contributed by atoms with Gasteiger partial charge >= 0.3 is 5.97 Å². The molecule has 126 valence electrons. The lowest BCUT2D eigenvalue weighted by Gasteiger charge is -1.99. The van der Waals surface area contributed by atoms with E-state index in [1.807, 2.05) is 41.1 Å². The summed E-state index contributed by atoms with van der Waals surface area (Å²) >= 11 is 4.47. The number of para-hydroxylation sites is 1. The Labute approximate surface area is 154 Å². The van der Waals surface area contributed by atoms with Crippen molar-refractivity contribution in [1.29, 1.82) is 0 Å². The highest BCUT2D eigenvalue weighted by atomic mass is 32.2. The van der Waals surface area contributed by atoms with Gasteiger partial charge in [-0.3, -0.25) is 4.79 Å². The average molecular weight is 389 g/mol. The van der Waals surface area contributed by atoms with Crippen LogP contribution in [0.2, 0.25) is 0 Å². The molecular formula is C16H11N3O3S3. The van der Waals surface area contributed by atoms with Gasteiger partial charge in [0.1, 0.15) is 0 Å². The predicted molar refractivity (Wildman–Crippen MR) is 97.8 cm³/mol. The zero-order valence-electron chi connectivity index (χ0n) is 12.7. The van der Waals surface area contributed by atoms with Crippen LogP contribution >= 0.6 is 34.4 Å². The number of aromatic nitrogens is 3. The fourth-order valence-electron chi connectivity index (χ4n) is 2.04. The lowest BCUT2D eigenvalue weighted by Crippen LogP contribution is -2.07. The average Bonchev–Trinajstić information content (AvgIpc) is 3.37. The van der Waals surface area contributed by atoms with Gasteiger partial charge in [-0.05, 0) is 23.6 Å². The van der Waals surface area contributed by atoms with Crippen molar-refractivity contribution in [3.63, 3.8) is 0 Å². The summed E-state index contributed by atoms with van der Waals surface area (Å²) in [4.78, 5) is 20.6. The summed E-state index contributed by atoms with van der Waals surface area (Å²) in [6, 6.07) is 9.78. The predicted octanol–water partition coefficient (Wildman–Crippen LogP) is 4.24. The highest BCUT2D eigenvalue weighted by Crippen LogP contribution is 2.29. The molecule has 4 aromatic rings. The first-order chi connectivity index (χ1) is 12.3. The maximum Gasteiger partial charge on any atom is 0.316 e. The van der Waals surface area contributed by atoms with Crippen LogP contribution in [0, 0.1) is 0 Å². The third kappa shape index (κ3) is 3.89. The molecule has 4 rings (SSSR count). The van der Waals surface area contributed by atoms with Gasteiger partial charge in [-0.15, -0.1) is 11.3 Å². The van der Waals surface area contributed by atoms with Crippen molar-refractivity contribution in [3.8, 4) is 11.4 Å². The first-order valence-electron chi connectivity index (χ1n) is 7.27. The molecule has 0 fully saturated rings. The van der Waals surface area contributed by atoms with E-state index in [0.717, 1.165) is 20.1 Å². The molecule has 0 N–H and O–H groups in total. The standard InChI is InChI=1S/C16H11N3O3S3/c20-14(9-24-16-17-11-3-1-2-4-12(11)25-16)21-7-13-18-15(19-22-13)10-5-6-23-8-10/h1-6,8H,7,9H2. The number of thiazole rings is 1. The van der Waals surface area contributed by atoms with Gasteiger partial charge in [0.05, 0.1) is 16.0 Å². The third-order valence-corrected chi connectivity index (χ3v) is 6.03. The minimum atomic E-state index is -0.348. The Bertz CT molecular complexity index is 961. The number of ether oxygens (including phenoxy) is 1. The monoisotopic (exact) mass is 389 g/mol. The van der Waals surface area contributed by atoms with Crippen LogP contribution in [0.25, 0.3) is 21.6 Å². The Morgan fingerprint density at radius 3 is 3.00 bits per heavy atom. The van der Waals surface area contributed by atoms with Gasteiger partial charge in [0.2, 0.25) is 5.82 Å². The van der Waals surface area contributed by atoms with Crippen LogP contribution in [0.1, 0.15) is 5.89 Å². The van der Waals surface area contributed by atoms with Crippen molar-refractivity contribution >= 4 is 50.6 Å². The molecule has 1 aromatic carbocycles. The van der Waals surface area contributed by atoms with Crippen molar-refractivity contribution in [3.05, 3.63) is 47.0 Å². The molecule has 0 aliphatic carbocycles. The molecule has 25 heavy (non-hydrogen) atoms. The van der Waals surface area contributed by atoms with E-state index >= 15 is 0 Å². The molecule has 0 bridgehead atoms. The molecule has 6 nitrogen and oxygen atoms in total. The number of fused-ring (bicyclic) bond motifs is 1. The lowest BCUT2D eigenvalue weighted by atomic mass is 10.3. The number of rotatable bonds is 6. The Hall–Kier alpha value is -2.23. The maximum atomic E-state index is 11.9. The number of hydrogen-bond acceptors (Lipinski definition) is 9. The number of nitrogens with zero attached hydrogens (tertiary/aromatic N) is 3. The molecule has 0 spiro atoms. The van der Waals surface area contributed by atoms with Crippen LogP contribution in [0.15, 0.2) is 50.0 Å². The van der Waals surface area contributed by atoms with Gasteiger partial charge in [-0.2, -0.15) is 16.3 Å². The van der Waals surface area contributed by atoms with Gasteiger partial charge in [-0.1, -0.05) is 29.1 Å². The molecule has 0 saturated heterocycles. The Kier molecular flexibility index (Phi) is 4.77. The summed E-state index contributed by atoms with van der Waals surface area (Å²) in [7, 11) is 0. The van der Waals surface area contributed by atoms with E-state index in [2.05, 4.69) is 15.1 Å². The number of hydrogen-bond donors (Lipinski definition) is 0. The second-order valence-electron chi connectivity index (χ2n) is 4.92. The third-order valence-electron chi connectivity index (χ3n) is 3.19. The number of thioether (sulfide) groups is 1. The minimum absolute atomic E-state index is 0.0314. The molecule has 0 saturated carbocycles. The van der Waals surface area contributed by atoms with Crippen LogP contribution in [0.3, 0.4) is 0 Å². The number of carbonyl (C=O) groups excluding carboxylic acids is 1. The molecule has 0 aliphatic heterocycles. The van der Waals surface area contributed by atoms with Gasteiger partial charge in [0.25, 0.3) is 5.89 Å². The van der Waals surface area contributed by atoms with Gasteiger partial charge in [0, 0.05) is 10.9 Å². The number of benzene rings is 1. The van der Waals surface area contributed by atoms with Gasteiger partial charge < -0.3 is 9.26 Å². The normalized spacial score (nSPS) is 11.0. The maximum absolute atomic E-state index is 11.9. The summed E-state index contributed by atoms with van der Waals surface area (Å²) in [5.41, 5.74) is 1.83. The molecule has 0 atom stereocenters. The number of carbonyl (C=O) groups is 1. The van der Waals surface area contributed by atoms with Crippen molar-refractivity contribution in [2.24, 2.45) is 0 Å². The zero-order valence-corrected chi connectivity index (χ0v) is 15.2. The topological polar surface area (TPSA) is 78.1 Å². The van der Waals surface area contributed by atoms with Crippen LogP contribution < -0.4 is 0 Å². The largest absolute Gasteiger partial charge is 0.455 e. The number of thiophene rings is 1. The second kappa shape index (κ2) is 7.34. The summed E-state index contributed by atoms with van der Waals surface area (Å²) < 4.78 is 12.2. The van der Waals surface area contributed by atoms with E-state index in [0.29, 0.717) is 5.82 Å². The summed E-state index contributed by atoms with van der Waals surface area (Å²) in [5, 5.41) is 7.73. The molecule has 0 aliphatic rings. The smallest absolute Gasteiger partial charge is 0.316 e. The van der Waals surface area contributed by atoms with E-state index in [4.69, 9.17) is 9.26 Å². The van der Waals surface area contributed by atoms with Crippen molar-refractivity contribution in [1.82, 2.24) is 15.1 Å². The van der Waals surface area contributed by atoms with Crippen LogP contribution in [-0.4, -0.2) is 26.8 Å². The van der Waals surface area contributed by atoms with Crippen molar-refractivity contribution < 1.29 is 14.1 Å². The van der Waals surface area contributed by atoms with Crippen molar-refractivity contribution in [2.45, 2.75) is 10.9 Å². The Morgan fingerprint density at radius 1 is 1.24 bits per heavy atom. The highest BCUT2D eigenvalue weighted by Gasteiger charge is 2.12. The summed E-state index contributed by atoms with van der Waals surface area (Å²) in [6.45, 7) is -0.0314. The minimum Gasteiger partial charge on any atom is -0.455 e. The van der Waals surface area contributed by atoms with Crippen LogP contribution in [0.5, 0.6) is 0 Å². The van der Waals surface area contributed by atoms with Crippen LogP contribution in [0.4, 0.5) is 0 Å². The van der Waals surface area contributed by atoms with Crippen LogP contribution in [-0.2, 0) is 16.1 Å². The van der Waals surface area contributed by atoms with Gasteiger partial charge in [0.15, 0.2) is 10.9 Å². The summed E-state index contributed by atoms with van der Waals surface area (Å²) in [5.74, 6) is 0.612. The molecule has 0 amide bonds. The Balaban J connectivity index is 1.29. The quantitative estimate of drug-likeness (QED) is 0.360. The molecule has 0 radical (unpaired) electrons. The fourth-order valence-corrected chi connectivity index (χ4v) is 4.54. The van der Waals surface area contributed by atoms with E-state index in [1.165, 1.54) is 11.8 Å². The first kappa shape index (κ1) is 16.2. The first-order valence-corrected chi connectivity index (χ1v) is 10.0. The molecule has 3 heterocycles. The fraction of sp³-hybridized carbons (Fsp3) is 0.125. The van der Waals surface area contributed by atoms with Crippen molar-refractivity contribution in [2.75, 3.05) is 5.75 Å².